The second-order valence-corrected chi connectivity index (χ2v) is 4.39. The summed E-state index contributed by atoms with van der Waals surface area (Å²) in [6.45, 7) is 1.54. The van der Waals surface area contributed by atoms with E-state index in [1.54, 1.807) is 6.07 Å². The van der Waals surface area contributed by atoms with Crippen molar-refractivity contribution in [2.75, 3.05) is 0 Å². The summed E-state index contributed by atoms with van der Waals surface area (Å²) >= 11 is 3.26. The molecule has 1 N–H and O–H groups in total. The topological polar surface area (TPSA) is 46.3 Å². The van der Waals surface area contributed by atoms with E-state index < -0.39 is 11.4 Å². The van der Waals surface area contributed by atoms with E-state index in [1.807, 2.05) is 0 Å². The third-order valence-corrected chi connectivity index (χ3v) is 2.91. The van der Waals surface area contributed by atoms with Gasteiger partial charge < -0.3 is 9.52 Å². The molecule has 0 spiro atoms. The highest BCUT2D eigenvalue weighted by molar-refractivity contribution is 9.10. The number of halogens is 2. The molecule has 2 rings (SSSR count). The molecule has 0 aliphatic rings. The summed E-state index contributed by atoms with van der Waals surface area (Å²) in [5, 5.41) is 10.3. The summed E-state index contributed by atoms with van der Waals surface area (Å²) in [5.74, 6) is -0.107. The Morgan fingerprint density at radius 1 is 1.44 bits per heavy atom. The molecule has 0 aliphatic heterocycles. The molecule has 0 saturated carbocycles. The van der Waals surface area contributed by atoms with Gasteiger partial charge in [0.15, 0.2) is 11.4 Å². The molecule has 16 heavy (non-hydrogen) atoms. The normalized spacial score (nSPS) is 14.8. The number of nitrogens with zero attached hydrogens (tertiary/aromatic N) is 1. The molecular weight excluding hydrogens is 277 g/mol. The van der Waals surface area contributed by atoms with Gasteiger partial charge in [-0.15, -0.1) is 0 Å². The largest absolute Gasteiger partial charge is 0.465 e. The molecule has 84 valence electrons. The van der Waals surface area contributed by atoms with Gasteiger partial charge in [0.2, 0.25) is 0 Å². The number of pyridine rings is 1. The van der Waals surface area contributed by atoms with Crippen LogP contribution in [0, 0.1) is 5.82 Å². The lowest BCUT2D eigenvalue weighted by Crippen LogP contribution is -2.24. The molecule has 1 unspecified atom stereocenters. The van der Waals surface area contributed by atoms with Crippen LogP contribution in [0.3, 0.4) is 0 Å². The predicted molar refractivity (Wildman–Crippen MR) is 59.3 cm³/mol. The van der Waals surface area contributed by atoms with Gasteiger partial charge in [0.1, 0.15) is 5.82 Å². The number of hydrogen-bond donors (Lipinski definition) is 1. The Morgan fingerprint density at radius 2 is 2.19 bits per heavy atom. The molecule has 2 aromatic rings. The molecule has 0 aromatic carbocycles. The minimum absolute atomic E-state index is 0.324. The SMILES string of the molecule is CC(O)(c1ccc(F)cn1)c1occc1Br. The average Bonchev–Trinajstić information content (AvgIpc) is 2.66. The Bertz CT molecular complexity index is 493. The van der Waals surface area contributed by atoms with E-state index in [0.717, 1.165) is 6.20 Å². The van der Waals surface area contributed by atoms with E-state index in [9.17, 15) is 9.50 Å². The van der Waals surface area contributed by atoms with E-state index in [4.69, 9.17) is 4.42 Å². The van der Waals surface area contributed by atoms with E-state index in [0.29, 0.717) is 15.9 Å². The molecule has 0 aliphatic carbocycles. The van der Waals surface area contributed by atoms with Crippen LogP contribution in [-0.2, 0) is 5.60 Å². The first-order valence-corrected chi connectivity index (χ1v) is 5.39. The smallest absolute Gasteiger partial charge is 0.162 e. The zero-order valence-corrected chi connectivity index (χ0v) is 10.0. The maximum absolute atomic E-state index is 12.7. The van der Waals surface area contributed by atoms with E-state index in [1.165, 1.54) is 25.3 Å². The van der Waals surface area contributed by atoms with Crippen LogP contribution in [-0.4, -0.2) is 10.1 Å². The zero-order chi connectivity index (χ0) is 11.8. The molecule has 5 heteroatoms. The van der Waals surface area contributed by atoms with Crippen molar-refractivity contribution in [3.05, 3.63) is 52.4 Å². The van der Waals surface area contributed by atoms with Crippen LogP contribution in [0.5, 0.6) is 0 Å². The summed E-state index contributed by atoms with van der Waals surface area (Å²) in [5.41, 5.74) is -1.07. The predicted octanol–water partition coefficient (Wildman–Crippen LogP) is 2.83. The zero-order valence-electron chi connectivity index (χ0n) is 8.45. The minimum atomic E-state index is -1.39. The fourth-order valence-electron chi connectivity index (χ4n) is 1.42. The maximum atomic E-state index is 12.7. The molecule has 0 amide bonds. The second kappa shape index (κ2) is 3.99. The second-order valence-electron chi connectivity index (χ2n) is 3.53. The third kappa shape index (κ3) is 1.88. The summed E-state index contributed by atoms with van der Waals surface area (Å²) in [6.07, 6.45) is 2.51. The van der Waals surface area contributed by atoms with Crippen molar-refractivity contribution in [3.63, 3.8) is 0 Å². The highest BCUT2D eigenvalue weighted by atomic mass is 79.9. The van der Waals surface area contributed by atoms with Crippen LogP contribution < -0.4 is 0 Å². The number of hydrogen-bond acceptors (Lipinski definition) is 3. The minimum Gasteiger partial charge on any atom is -0.465 e. The summed E-state index contributed by atoms with van der Waals surface area (Å²) in [4.78, 5) is 3.84. The van der Waals surface area contributed by atoms with Crippen molar-refractivity contribution in [2.45, 2.75) is 12.5 Å². The molecule has 0 saturated heterocycles. The molecular formula is C11H9BrFNO2. The van der Waals surface area contributed by atoms with Gasteiger partial charge in [0, 0.05) is 0 Å². The van der Waals surface area contributed by atoms with Crippen LogP contribution in [0.4, 0.5) is 4.39 Å². The number of rotatable bonds is 2. The Morgan fingerprint density at radius 3 is 2.69 bits per heavy atom. The Kier molecular flexibility index (Phi) is 2.82. The highest BCUT2D eigenvalue weighted by Crippen LogP contribution is 2.33. The molecule has 2 aromatic heterocycles. The lowest BCUT2D eigenvalue weighted by Gasteiger charge is -2.20. The van der Waals surface area contributed by atoms with E-state index >= 15 is 0 Å². The quantitative estimate of drug-likeness (QED) is 0.923. The first-order valence-electron chi connectivity index (χ1n) is 4.59. The van der Waals surface area contributed by atoms with Crippen molar-refractivity contribution < 1.29 is 13.9 Å². The summed E-state index contributed by atoms with van der Waals surface area (Å²) in [6, 6.07) is 4.34. The first-order chi connectivity index (χ1) is 7.51. The molecule has 0 bridgehead atoms. The van der Waals surface area contributed by atoms with Crippen LogP contribution in [0.1, 0.15) is 18.4 Å². The average molecular weight is 286 g/mol. The Balaban J connectivity index is 2.46. The van der Waals surface area contributed by atoms with Crippen molar-refractivity contribution in [1.82, 2.24) is 4.98 Å². The number of aromatic nitrogens is 1. The van der Waals surface area contributed by atoms with E-state index in [-0.39, 0.29) is 0 Å². The van der Waals surface area contributed by atoms with E-state index in [2.05, 4.69) is 20.9 Å². The first kappa shape index (κ1) is 11.3. The van der Waals surface area contributed by atoms with Gasteiger partial charge in [0.05, 0.1) is 22.6 Å². The monoisotopic (exact) mass is 285 g/mol. The number of furan rings is 1. The van der Waals surface area contributed by atoms with Gasteiger partial charge in [-0.05, 0) is 41.1 Å². The van der Waals surface area contributed by atoms with Gasteiger partial charge in [-0.3, -0.25) is 4.98 Å². The van der Waals surface area contributed by atoms with Crippen molar-refractivity contribution in [2.24, 2.45) is 0 Å². The van der Waals surface area contributed by atoms with Crippen LogP contribution in [0.2, 0.25) is 0 Å². The molecule has 3 nitrogen and oxygen atoms in total. The fourth-order valence-corrected chi connectivity index (χ4v) is 2.01. The lowest BCUT2D eigenvalue weighted by molar-refractivity contribution is 0.0712. The van der Waals surface area contributed by atoms with Crippen molar-refractivity contribution in [1.29, 1.82) is 0 Å². The van der Waals surface area contributed by atoms with Crippen LogP contribution >= 0.6 is 15.9 Å². The van der Waals surface area contributed by atoms with Crippen LogP contribution in [0.25, 0.3) is 0 Å². The summed E-state index contributed by atoms with van der Waals surface area (Å²) < 4.78 is 18.5. The summed E-state index contributed by atoms with van der Waals surface area (Å²) in [7, 11) is 0. The third-order valence-electron chi connectivity index (χ3n) is 2.29. The van der Waals surface area contributed by atoms with Crippen molar-refractivity contribution >= 4 is 15.9 Å². The van der Waals surface area contributed by atoms with Crippen LogP contribution in [0.15, 0.2) is 39.5 Å². The molecule has 2 heterocycles. The Labute approximate surface area is 100 Å². The fraction of sp³-hybridized carbons (Fsp3) is 0.182. The number of aliphatic hydroxyl groups is 1. The molecule has 0 radical (unpaired) electrons. The van der Waals surface area contributed by atoms with Gasteiger partial charge in [-0.2, -0.15) is 0 Å². The maximum Gasteiger partial charge on any atom is 0.162 e. The lowest BCUT2D eigenvalue weighted by atomic mass is 9.98. The Hall–Kier alpha value is -1.20. The van der Waals surface area contributed by atoms with Crippen molar-refractivity contribution in [3.8, 4) is 0 Å². The standard InChI is InChI=1S/C11H9BrFNO2/c1-11(15,10-8(12)4-5-16-10)9-3-2-7(13)6-14-9/h2-6,15H,1H3. The van der Waals surface area contributed by atoms with Gasteiger partial charge in [-0.25, -0.2) is 4.39 Å². The molecule has 0 fully saturated rings. The van der Waals surface area contributed by atoms with Gasteiger partial charge in [0.25, 0.3) is 0 Å². The highest BCUT2D eigenvalue weighted by Gasteiger charge is 2.32. The van der Waals surface area contributed by atoms with Gasteiger partial charge >= 0.3 is 0 Å². The van der Waals surface area contributed by atoms with Gasteiger partial charge in [-0.1, -0.05) is 0 Å². The molecule has 1 atom stereocenters.